The first-order chi connectivity index (χ1) is 7.61. The summed E-state index contributed by atoms with van der Waals surface area (Å²) in [7, 11) is -2.82. The topological polar surface area (TPSA) is 85.3 Å². The molecule has 2 unspecified atom stereocenters. The van der Waals surface area contributed by atoms with Gasteiger partial charge in [-0.25, -0.2) is 13.8 Å². The highest BCUT2D eigenvalue weighted by molar-refractivity contribution is 7.91. The molecule has 3 N–H and O–H groups in total. The summed E-state index contributed by atoms with van der Waals surface area (Å²) in [5.74, 6) is 6.95. The van der Waals surface area contributed by atoms with Gasteiger partial charge in [-0.05, 0) is 30.9 Å². The van der Waals surface area contributed by atoms with Crippen molar-refractivity contribution < 1.29 is 12.8 Å². The molecule has 5 nitrogen and oxygen atoms in total. The molecule has 6 heteroatoms. The Kier molecular flexibility index (Phi) is 3.32. The molecule has 2 heterocycles. The number of hydrogen-bond donors (Lipinski definition) is 2. The smallest absolute Gasteiger partial charge is 0.150 e. The molecule has 16 heavy (non-hydrogen) atoms. The number of nitrogens with two attached hydrogens (primary N) is 1. The monoisotopic (exact) mass is 244 g/mol. The molecule has 0 amide bonds. The van der Waals surface area contributed by atoms with Crippen molar-refractivity contribution in [3.05, 3.63) is 24.2 Å². The van der Waals surface area contributed by atoms with Gasteiger partial charge in [0.15, 0.2) is 9.84 Å². The predicted octanol–water partition coefficient (Wildman–Crippen LogP) is 0.609. The summed E-state index contributed by atoms with van der Waals surface area (Å²) in [6, 6.07) is 3.53. The van der Waals surface area contributed by atoms with E-state index in [0.29, 0.717) is 12.2 Å². The Morgan fingerprint density at radius 1 is 1.62 bits per heavy atom. The van der Waals surface area contributed by atoms with Gasteiger partial charge in [-0.3, -0.25) is 5.84 Å². The van der Waals surface area contributed by atoms with Crippen LogP contribution in [0.1, 0.15) is 24.6 Å². The minimum absolute atomic E-state index is 0.103. The molecular formula is C10H16N2O3S. The van der Waals surface area contributed by atoms with Crippen molar-refractivity contribution in [1.29, 1.82) is 0 Å². The largest absolute Gasteiger partial charge is 0.468 e. The number of hydrogen-bond acceptors (Lipinski definition) is 5. The summed E-state index contributed by atoms with van der Waals surface area (Å²) in [6.07, 6.45) is 3.01. The molecular weight excluding hydrogens is 228 g/mol. The van der Waals surface area contributed by atoms with Crippen molar-refractivity contribution in [3.8, 4) is 0 Å². The third-order valence-corrected chi connectivity index (χ3v) is 4.82. The van der Waals surface area contributed by atoms with Crippen LogP contribution in [0.5, 0.6) is 0 Å². The average Bonchev–Trinajstić information content (AvgIpc) is 2.84. The lowest BCUT2D eigenvalue weighted by atomic mass is 9.98. The average molecular weight is 244 g/mol. The fourth-order valence-electron chi connectivity index (χ4n) is 2.15. The lowest BCUT2D eigenvalue weighted by molar-refractivity contribution is 0.357. The highest BCUT2D eigenvalue weighted by atomic mass is 32.2. The van der Waals surface area contributed by atoms with Gasteiger partial charge >= 0.3 is 0 Å². The van der Waals surface area contributed by atoms with Crippen molar-refractivity contribution in [2.24, 2.45) is 11.8 Å². The van der Waals surface area contributed by atoms with E-state index in [4.69, 9.17) is 10.3 Å². The van der Waals surface area contributed by atoms with E-state index >= 15 is 0 Å². The molecule has 1 aliphatic heterocycles. The minimum atomic E-state index is -2.82. The van der Waals surface area contributed by atoms with Crippen LogP contribution in [-0.2, 0) is 9.84 Å². The molecule has 2 rings (SSSR count). The number of hydrazine groups is 1. The van der Waals surface area contributed by atoms with E-state index in [9.17, 15) is 8.42 Å². The summed E-state index contributed by atoms with van der Waals surface area (Å²) in [5, 5.41) is 0. The molecule has 2 atom stereocenters. The SMILES string of the molecule is NNC(CC1CCS(=O)(=O)C1)c1ccco1. The number of sulfone groups is 1. The molecule has 0 aliphatic carbocycles. The van der Waals surface area contributed by atoms with Crippen molar-refractivity contribution in [3.63, 3.8) is 0 Å². The van der Waals surface area contributed by atoms with Gasteiger partial charge in [0.25, 0.3) is 0 Å². The summed E-state index contributed by atoms with van der Waals surface area (Å²) >= 11 is 0. The standard InChI is InChI=1S/C10H16N2O3S/c11-12-9(10-2-1-4-15-10)6-8-3-5-16(13,14)7-8/h1-2,4,8-9,12H,3,5-7,11H2. The van der Waals surface area contributed by atoms with E-state index in [0.717, 1.165) is 12.2 Å². The second kappa shape index (κ2) is 4.57. The number of rotatable bonds is 4. The molecule has 0 aromatic carbocycles. The van der Waals surface area contributed by atoms with Crippen LogP contribution in [0.15, 0.2) is 22.8 Å². The molecule has 1 aromatic heterocycles. The molecule has 0 bridgehead atoms. The second-order valence-corrected chi connectivity index (χ2v) is 6.47. The molecule has 1 aromatic rings. The van der Waals surface area contributed by atoms with Crippen LogP contribution < -0.4 is 11.3 Å². The lowest BCUT2D eigenvalue weighted by Gasteiger charge is -2.16. The summed E-state index contributed by atoms with van der Waals surface area (Å²) in [5.41, 5.74) is 2.67. The Bertz CT molecular complexity index is 427. The van der Waals surface area contributed by atoms with Gasteiger partial charge in [-0.2, -0.15) is 0 Å². The van der Waals surface area contributed by atoms with E-state index in [1.54, 1.807) is 12.3 Å². The van der Waals surface area contributed by atoms with Gasteiger partial charge in [0.05, 0.1) is 23.8 Å². The normalized spacial score (nSPS) is 25.7. The van der Waals surface area contributed by atoms with Crippen molar-refractivity contribution in [2.45, 2.75) is 18.9 Å². The van der Waals surface area contributed by atoms with Crippen LogP contribution in [0.4, 0.5) is 0 Å². The van der Waals surface area contributed by atoms with Gasteiger partial charge in [0, 0.05) is 0 Å². The van der Waals surface area contributed by atoms with Crippen LogP contribution in [-0.4, -0.2) is 19.9 Å². The van der Waals surface area contributed by atoms with Crippen LogP contribution in [0.2, 0.25) is 0 Å². The summed E-state index contributed by atoms with van der Waals surface area (Å²) in [4.78, 5) is 0. The maximum atomic E-state index is 11.3. The van der Waals surface area contributed by atoms with Crippen molar-refractivity contribution >= 4 is 9.84 Å². The van der Waals surface area contributed by atoms with Gasteiger partial charge in [-0.1, -0.05) is 0 Å². The van der Waals surface area contributed by atoms with Crippen molar-refractivity contribution in [1.82, 2.24) is 5.43 Å². The molecule has 1 saturated heterocycles. The van der Waals surface area contributed by atoms with Gasteiger partial charge in [0.2, 0.25) is 0 Å². The Balaban J connectivity index is 1.98. The van der Waals surface area contributed by atoms with Crippen LogP contribution >= 0.6 is 0 Å². The fourth-order valence-corrected chi connectivity index (χ4v) is 4.03. The predicted molar refractivity (Wildman–Crippen MR) is 60.1 cm³/mol. The van der Waals surface area contributed by atoms with Crippen molar-refractivity contribution in [2.75, 3.05) is 11.5 Å². The molecule has 0 radical (unpaired) electrons. The summed E-state index contributed by atoms with van der Waals surface area (Å²) < 4.78 is 27.9. The second-order valence-electron chi connectivity index (χ2n) is 4.24. The maximum absolute atomic E-state index is 11.3. The zero-order valence-corrected chi connectivity index (χ0v) is 9.74. The molecule has 1 aliphatic rings. The zero-order chi connectivity index (χ0) is 11.6. The molecule has 0 spiro atoms. The quantitative estimate of drug-likeness (QED) is 0.598. The summed E-state index contributed by atoms with van der Waals surface area (Å²) in [6.45, 7) is 0. The Morgan fingerprint density at radius 3 is 2.94 bits per heavy atom. The molecule has 0 saturated carbocycles. The van der Waals surface area contributed by atoms with Crippen LogP contribution in [0.25, 0.3) is 0 Å². The third kappa shape index (κ3) is 2.63. The first-order valence-corrected chi connectivity index (χ1v) is 7.13. The highest BCUT2D eigenvalue weighted by Crippen LogP contribution is 2.28. The Hall–Kier alpha value is -0.850. The fraction of sp³-hybridized carbons (Fsp3) is 0.600. The minimum Gasteiger partial charge on any atom is -0.468 e. The first kappa shape index (κ1) is 11.6. The Morgan fingerprint density at radius 2 is 2.44 bits per heavy atom. The van der Waals surface area contributed by atoms with Gasteiger partial charge in [-0.15, -0.1) is 0 Å². The molecule has 90 valence electrons. The van der Waals surface area contributed by atoms with E-state index in [1.165, 1.54) is 0 Å². The van der Waals surface area contributed by atoms with E-state index in [2.05, 4.69) is 5.43 Å². The van der Waals surface area contributed by atoms with E-state index in [-0.39, 0.29) is 17.7 Å². The van der Waals surface area contributed by atoms with E-state index < -0.39 is 9.84 Å². The lowest BCUT2D eigenvalue weighted by Crippen LogP contribution is -2.29. The first-order valence-electron chi connectivity index (χ1n) is 5.30. The van der Waals surface area contributed by atoms with Crippen LogP contribution in [0.3, 0.4) is 0 Å². The number of nitrogens with one attached hydrogen (secondary N) is 1. The maximum Gasteiger partial charge on any atom is 0.150 e. The van der Waals surface area contributed by atoms with E-state index in [1.807, 2.05) is 6.07 Å². The Labute approximate surface area is 94.9 Å². The number of furan rings is 1. The van der Waals surface area contributed by atoms with Crippen LogP contribution in [0, 0.1) is 5.92 Å². The van der Waals surface area contributed by atoms with Gasteiger partial charge < -0.3 is 4.42 Å². The molecule has 1 fully saturated rings. The third-order valence-electron chi connectivity index (χ3n) is 2.98. The van der Waals surface area contributed by atoms with Gasteiger partial charge in [0.1, 0.15) is 5.76 Å². The zero-order valence-electron chi connectivity index (χ0n) is 8.93. The highest BCUT2D eigenvalue weighted by Gasteiger charge is 2.30.